The van der Waals surface area contributed by atoms with E-state index in [9.17, 15) is 0 Å². The molecule has 1 aromatic heterocycles. The van der Waals surface area contributed by atoms with E-state index >= 15 is 0 Å². The minimum Gasteiger partial charge on any atom is -0.377 e. The van der Waals surface area contributed by atoms with Gasteiger partial charge >= 0.3 is 8.80 Å². The van der Waals surface area contributed by atoms with Crippen LogP contribution in [0.15, 0.2) is 4.34 Å². The molecular formula is C11H22N2O3S2Si. The van der Waals surface area contributed by atoms with Gasteiger partial charge in [-0.25, -0.2) is 0 Å². The van der Waals surface area contributed by atoms with Gasteiger partial charge in [0, 0.05) is 33.1 Å². The van der Waals surface area contributed by atoms with Gasteiger partial charge in [-0.15, -0.1) is 10.2 Å². The fourth-order valence-corrected chi connectivity index (χ4v) is 5.35. The van der Waals surface area contributed by atoms with Gasteiger partial charge in [0.1, 0.15) is 5.01 Å². The molecular weight excluding hydrogens is 300 g/mol. The first-order valence-corrected chi connectivity index (χ1v) is 9.97. The van der Waals surface area contributed by atoms with E-state index in [1.165, 1.54) is 0 Å². The van der Waals surface area contributed by atoms with Crippen LogP contribution in [-0.4, -0.2) is 46.1 Å². The highest BCUT2D eigenvalue weighted by atomic mass is 32.2. The van der Waals surface area contributed by atoms with Crippen LogP contribution in [-0.2, 0) is 13.3 Å². The van der Waals surface area contributed by atoms with E-state index in [-0.39, 0.29) is 0 Å². The Bertz CT molecular complexity index is 353. The van der Waals surface area contributed by atoms with E-state index in [1.807, 2.05) is 6.92 Å². The molecule has 0 saturated carbocycles. The van der Waals surface area contributed by atoms with Gasteiger partial charge in [-0.3, -0.25) is 0 Å². The van der Waals surface area contributed by atoms with E-state index < -0.39 is 8.80 Å². The molecule has 0 spiro atoms. The number of unbranched alkanes of at least 4 members (excludes halogenated alkanes) is 2. The van der Waals surface area contributed by atoms with Gasteiger partial charge < -0.3 is 13.3 Å². The van der Waals surface area contributed by atoms with Gasteiger partial charge in [-0.05, 0) is 19.8 Å². The molecule has 1 rings (SSSR count). The first-order valence-electron chi connectivity index (χ1n) is 6.24. The number of aryl methyl sites for hydroxylation is 1. The van der Waals surface area contributed by atoms with Crippen molar-refractivity contribution in [1.82, 2.24) is 10.2 Å². The molecule has 0 aliphatic heterocycles. The normalized spacial score (nSPS) is 12.0. The first-order chi connectivity index (χ1) is 9.15. The Balaban J connectivity index is 2.11. The Morgan fingerprint density at radius 1 is 1.05 bits per heavy atom. The standard InChI is InChI=1S/C11H22N2O3S2Si/c1-10-12-13-11(18-10)17-8-6-5-7-9-19(14-2,15-3)16-4/h5-9H2,1-4H3. The van der Waals surface area contributed by atoms with Crippen LogP contribution in [0.5, 0.6) is 0 Å². The summed E-state index contributed by atoms with van der Waals surface area (Å²) >= 11 is 3.43. The zero-order valence-corrected chi connectivity index (χ0v) is 14.6. The van der Waals surface area contributed by atoms with Crippen LogP contribution < -0.4 is 0 Å². The van der Waals surface area contributed by atoms with Crippen LogP contribution in [0.4, 0.5) is 0 Å². The maximum Gasteiger partial charge on any atom is 0.500 e. The Morgan fingerprint density at radius 2 is 1.74 bits per heavy atom. The number of thioether (sulfide) groups is 1. The lowest BCUT2D eigenvalue weighted by Gasteiger charge is -2.24. The van der Waals surface area contributed by atoms with Crippen molar-refractivity contribution in [3.8, 4) is 0 Å². The van der Waals surface area contributed by atoms with Crippen LogP contribution in [0.25, 0.3) is 0 Å². The van der Waals surface area contributed by atoms with Gasteiger partial charge in [-0.1, -0.05) is 29.5 Å². The highest BCUT2D eigenvalue weighted by Gasteiger charge is 2.36. The largest absolute Gasteiger partial charge is 0.500 e. The molecule has 19 heavy (non-hydrogen) atoms. The molecule has 0 unspecified atom stereocenters. The fraction of sp³-hybridized carbons (Fsp3) is 0.818. The smallest absolute Gasteiger partial charge is 0.377 e. The Labute approximate surface area is 124 Å². The molecule has 0 fully saturated rings. The van der Waals surface area contributed by atoms with Gasteiger partial charge in [0.05, 0.1) is 0 Å². The Hall–Kier alpha value is 0.00688. The number of hydrogen-bond acceptors (Lipinski definition) is 7. The van der Waals surface area contributed by atoms with Crippen molar-refractivity contribution in [2.24, 2.45) is 0 Å². The van der Waals surface area contributed by atoms with Crippen molar-refractivity contribution in [2.45, 2.75) is 36.6 Å². The molecule has 110 valence electrons. The molecule has 0 N–H and O–H groups in total. The molecule has 0 bridgehead atoms. The molecule has 1 heterocycles. The summed E-state index contributed by atoms with van der Waals surface area (Å²) < 4.78 is 17.2. The van der Waals surface area contributed by atoms with E-state index in [1.54, 1.807) is 44.4 Å². The lowest BCUT2D eigenvalue weighted by molar-refractivity contribution is 0.123. The van der Waals surface area contributed by atoms with Gasteiger partial charge in [0.2, 0.25) is 0 Å². The second-order valence-corrected chi connectivity index (χ2v) is 9.66. The van der Waals surface area contributed by atoms with Crippen LogP contribution in [0.1, 0.15) is 24.3 Å². The van der Waals surface area contributed by atoms with E-state index in [4.69, 9.17) is 13.3 Å². The second kappa shape index (κ2) is 9.04. The second-order valence-electron chi connectivity index (χ2n) is 4.04. The zero-order valence-electron chi connectivity index (χ0n) is 12.0. The molecule has 0 aliphatic carbocycles. The number of aromatic nitrogens is 2. The molecule has 0 saturated heterocycles. The highest BCUT2D eigenvalue weighted by Crippen LogP contribution is 2.24. The average Bonchev–Trinajstić information content (AvgIpc) is 2.85. The summed E-state index contributed by atoms with van der Waals surface area (Å²) in [6, 6.07) is 0.874. The van der Waals surface area contributed by atoms with Crippen molar-refractivity contribution < 1.29 is 13.3 Å². The summed E-state index contributed by atoms with van der Waals surface area (Å²) in [7, 11) is 2.61. The fourth-order valence-electron chi connectivity index (χ4n) is 1.67. The van der Waals surface area contributed by atoms with Crippen LogP contribution in [0, 0.1) is 6.92 Å². The summed E-state index contributed by atoms with van der Waals surface area (Å²) in [6.07, 6.45) is 3.37. The third-order valence-electron chi connectivity index (χ3n) is 2.79. The number of hydrogen-bond donors (Lipinski definition) is 0. The maximum atomic E-state index is 5.39. The lowest BCUT2D eigenvalue weighted by Crippen LogP contribution is -2.42. The molecule has 0 aromatic carbocycles. The van der Waals surface area contributed by atoms with E-state index in [0.29, 0.717) is 0 Å². The molecule has 0 aliphatic rings. The van der Waals surface area contributed by atoms with Gasteiger partial charge in [0.15, 0.2) is 4.34 Å². The highest BCUT2D eigenvalue weighted by molar-refractivity contribution is 8.01. The molecule has 0 atom stereocenters. The van der Waals surface area contributed by atoms with Crippen molar-refractivity contribution in [3.05, 3.63) is 5.01 Å². The quantitative estimate of drug-likeness (QED) is 0.375. The summed E-state index contributed by atoms with van der Waals surface area (Å²) in [5.74, 6) is 1.08. The van der Waals surface area contributed by atoms with E-state index in [2.05, 4.69) is 10.2 Å². The zero-order chi connectivity index (χ0) is 14.1. The summed E-state index contributed by atoms with van der Waals surface area (Å²) in [4.78, 5) is 0. The molecule has 5 nitrogen and oxygen atoms in total. The Kier molecular flexibility index (Phi) is 8.11. The maximum absolute atomic E-state index is 5.39. The average molecular weight is 323 g/mol. The Morgan fingerprint density at radius 3 is 2.26 bits per heavy atom. The molecule has 1 aromatic rings. The van der Waals surface area contributed by atoms with Crippen molar-refractivity contribution in [2.75, 3.05) is 27.1 Å². The van der Waals surface area contributed by atoms with Crippen LogP contribution in [0.2, 0.25) is 6.04 Å². The predicted molar refractivity (Wildman–Crippen MR) is 80.8 cm³/mol. The van der Waals surface area contributed by atoms with Crippen molar-refractivity contribution in [1.29, 1.82) is 0 Å². The lowest BCUT2D eigenvalue weighted by atomic mass is 10.3. The minimum atomic E-state index is -2.37. The van der Waals surface area contributed by atoms with Crippen LogP contribution in [0.3, 0.4) is 0 Å². The SMILES string of the molecule is CO[Si](CCCCCSc1nnc(C)s1)(OC)OC. The number of nitrogens with zero attached hydrogens (tertiary/aromatic N) is 2. The summed E-state index contributed by atoms with van der Waals surface area (Å²) in [6.45, 7) is 1.98. The topological polar surface area (TPSA) is 53.5 Å². The van der Waals surface area contributed by atoms with Gasteiger partial charge in [0.25, 0.3) is 0 Å². The van der Waals surface area contributed by atoms with Crippen molar-refractivity contribution >= 4 is 31.9 Å². The van der Waals surface area contributed by atoms with Gasteiger partial charge in [-0.2, -0.15) is 0 Å². The third kappa shape index (κ3) is 5.88. The van der Waals surface area contributed by atoms with E-state index in [0.717, 1.165) is 40.4 Å². The summed E-state index contributed by atoms with van der Waals surface area (Å²) in [5, 5.41) is 9.12. The molecule has 0 amide bonds. The van der Waals surface area contributed by atoms with Crippen LogP contribution >= 0.6 is 23.1 Å². The monoisotopic (exact) mass is 322 g/mol. The summed E-state index contributed by atoms with van der Waals surface area (Å²) in [5.41, 5.74) is 0. The first kappa shape index (κ1) is 17.1. The third-order valence-corrected chi connectivity index (χ3v) is 7.68. The molecule has 0 radical (unpaired) electrons. The van der Waals surface area contributed by atoms with Crippen molar-refractivity contribution in [3.63, 3.8) is 0 Å². The predicted octanol–water partition coefficient (Wildman–Crippen LogP) is 2.99. The molecule has 8 heteroatoms. The minimum absolute atomic E-state index is 0.874. The number of rotatable bonds is 10.